The summed E-state index contributed by atoms with van der Waals surface area (Å²) in [5.74, 6) is 4.31. The SMILES string of the molecule is CC(CCc1ccn[nH]1)C1CCC2C3CC=C4CC(O)CCC4(C)C3CCC12C. The molecule has 4 aliphatic carbocycles. The number of aromatic nitrogens is 2. The van der Waals surface area contributed by atoms with E-state index >= 15 is 0 Å². The Morgan fingerprint density at radius 3 is 2.83 bits per heavy atom. The summed E-state index contributed by atoms with van der Waals surface area (Å²) in [4.78, 5) is 0. The van der Waals surface area contributed by atoms with Gasteiger partial charge in [0.1, 0.15) is 0 Å². The molecule has 3 nitrogen and oxygen atoms in total. The zero-order valence-corrected chi connectivity index (χ0v) is 18.7. The lowest BCUT2D eigenvalue weighted by Gasteiger charge is -2.58. The van der Waals surface area contributed by atoms with Gasteiger partial charge in [-0.2, -0.15) is 5.10 Å². The molecule has 8 atom stereocenters. The Hall–Kier alpha value is -1.09. The van der Waals surface area contributed by atoms with Gasteiger partial charge in [0, 0.05) is 11.9 Å². The molecule has 8 unspecified atom stereocenters. The first-order chi connectivity index (χ1) is 13.9. The van der Waals surface area contributed by atoms with Crippen molar-refractivity contribution in [3.63, 3.8) is 0 Å². The van der Waals surface area contributed by atoms with Gasteiger partial charge in [0.2, 0.25) is 0 Å². The van der Waals surface area contributed by atoms with E-state index in [0.717, 1.165) is 48.9 Å². The zero-order chi connectivity index (χ0) is 20.2. The third-order valence-electron chi connectivity index (χ3n) is 10.3. The minimum absolute atomic E-state index is 0.0914. The van der Waals surface area contributed by atoms with Gasteiger partial charge in [-0.3, -0.25) is 5.10 Å². The van der Waals surface area contributed by atoms with Crippen molar-refractivity contribution in [3.8, 4) is 0 Å². The van der Waals surface area contributed by atoms with Crippen LogP contribution in [0.5, 0.6) is 0 Å². The van der Waals surface area contributed by atoms with Crippen LogP contribution in [0.3, 0.4) is 0 Å². The molecule has 2 N–H and O–H groups in total. The predicted octanol–water partition coefficient (Wildman–Crippen LogP) is 5.92. The Morgan fingerprint density at radius 2 is 2.03 bits per heavy atom. The fourth-order valence-corrected chi connectivity index (χ4v) is 8.63. The largest absolute Gasteiger partial charge is 0.393 e. The number of nitrogens with one attached hydrogen (secondary N) is 1. The summed E-state index contributed by atoms with van der Waals surface area (Å²) in [6.45, 7) is 7.72. The number of allylic oxidation sites excluding steroid dienone is 1. The first kappa shape index (κ1) is 19.8. The maximum absolute atomic E-state index is 10.2. The summed E-state index contributed by atoms with van der Waals surface area (Å²) in [5.41, 5.74) is 3.79. The molecule has 0 aliphatic heterocycles. The van der Waals surface area contributed by atoms with E-state index in [1.54, 1.807) is 5.57 Å². The molecule has 0 saturated heterocycles. The molecule has 1 heterocycles. The first-order valence-corrected chi connectivity index (χ1v) is 12.3. The highest BCUT2D eigenvalue weighted by Crippen LogP contribution is 2.67. The Bertz CT molecular complexity index is 755. The molecule has 160 valence electrons. The standard InChI is InChI=1S/C26H40N2O/c1-17(4-6-19-12-15-27-28-19)22-8-9-23-21-7-5-18-16-20(29)10-13-25(18,2)24(21)11-14-26(22,23)3/h5,12,15,17,20-24,29H,4,6-11,13-14,16H2,1-3H3,(H,27,28). The van der Waals surface area contributed by atoms with Crippen LogP contribution < -0.4 is 0 Å². The Labute approximate surface area is 176 Å². The van der Waals surface area contributed by atoms with Crippen LogP contribution in [0.2, 0.25) is 0 Å². The van der Waals surface area contributed by atoms with Gasteiger partial charge in [0.05, 0.1) is 6.10 Å². The van der Waals surface area contributed by atoms with Crippen LogP contribution in [-0.4, -0.2) is 21.4 Å². The number of hydrogen-bond acceptors (Lipinski definition) is 2. The number of aromatic amines is 1. The predicted molar refractivity (Wildman–Crippen MR) is 117 cm³/mol. The normalized spacial score (nSPS) is 45.1. The number of hydrogen-bond donors (Lipinski definition) is 2. The van der Waals surface area contributed by atoms with Crippen molar-refractivity contribution < 1.29 is 5.11 Å². The average molecular weight is 397 g/mol. The quantitative estimate of drug-likeness (QED) is 0.621. The van der Waals surface area contributed by atoms with Gasteiger partial charge in [0.15, 0.2) is 0 Å². The fraction of sp³-hybridized carbons (Fsp3) is 0.808. The lowest BCUT2D eigenvalue weighted by atomic mass is 9.47. The number of aryl methyl sites for hydroxylation is 1. The van der Waals surface area contributed by atoms with Crippen LogP contribution in [0.15, 0.2) is 23.9 Å². The number of rotatable bonds is 4. The van der Waals surface area contributed by atoms with Crippen molar-refractivity contribution in [2.45, 2.75) is 91.1 Å². The minimum atomic E-state index is -0.0914. The van der Waals surface area contributed by atoms with E-state index in [9.17, 15) is 5.11 Å². The third-order valence-corrected chi connectivity index (χ3v) is 10.3. The van der Waals surface area contributed by atoms with Gasteiger partial charge in [-0.05, 0) is 111 Å². The molecule has 1 aromatic rings. The van der Waals surface area contributed by atoms with Crippen LogP contribution in [0.4, 0.5) is 0 Å². The van der Waals surface area contributed by atoms with E-state index in [-0.39, 0.29) is 6.10 Å². The van der Waals surface area contributed by atoms with Gasteiger partial charge in [-0.25, -0.2) is 0 Å². The average Bonchev–Trinajstić information content (AvgIpc) is 3.34. The molecule has 0 spiro atoms. The van der Waals surface area contributed by atoms with E-state index < -0.39 is 0 Å². The van der Waals surface area contributed by atoms with E-state index in [1.165, 1.54) is 50.6 Å². The van der Waals surface area contributed by atoms with Gasteiger partial charge < -0.3 is 5.11 Å². The summed E-state index contributed by atoms with van der Waals surface area (Å²) >= 11 is 0. The molecule has 29 heavy (non-hydrogen) atoms. The molecule has 3 fully saturated rings. The smallest absolute Gasteiger partial charge is 0.0577 e. The number of aliphatic hydroxyl groups excluding tert-OH is 1. The lowest BCUT2D eigenvalue weighted by molar-refractivity contribution is -0.0571. The van der Waals surface area contributed by atoms with Crippen LogP contribution in [0.25, 0.3) is 0 Å². The number of H-pyrrole nitrogens is 1. The van der Waals surface area contributed by atoms with Gasteiger partial charge >= 0.3 is 0 Å². The van der Waals surface area contributed by atoms with E-state index in [2.05, 4.69) is 43.1 Å². The Balaban J connectivity index is 1.33. The maximum atomic E-state index is 10.2. The molecular formula is C26H40N2O. The van der Waals surface area contributed by atoms with Crippen molar-refractivity contribution in [2.75, 3.05) is 0 Å². The molecule has 3 saturated carbocycles. The number of aliphatic hydroxyl groups is 1. The monoisotopic (exact) mass is 396 g/mol. The summed E-state index contributed by atoms with van der Waals surface area (Å²) in [7, 11) is 0. The van der Waals surface area contributed by atoms with Crippen LogP contribution in [-0.2, 0) is 6.42 Å². The topological polar surface area (TPSA) is 48.9 Å². The molecular weight excluding hydrogens is 356 g/mol. The van der Waals surface area contributed by atoms with Crippen molar-refractivity contribution in [2.24, 2.45) is 40.4 Å². The molecule has 0 aromatic carbocycles. The van der Waals surface area contributed by atoms with Crippen molar-refractivity contribution in [1.29, 1.82) is 0 Å². The second-order valence-corrected chi connectivity index (χ2v) is 11.5. The first-order valence-electron chi connectivity index (χ1n) is 12.3. The highest BCUT2D eigenvalue weighted by Gasteiger charge is 2.59. The Kier molecular flexibility index (Phi) is 4.96. The van der Waals surface area contributed by atoms with E-state index in [1.807, 2.05) is 6.20 Å². The molecule has 3 heteroatoms. The van der Waals surface area contributed by atoms with E-state index in [4.69, 9.17) is 0 Å². The van der Waals surface area contributed by atoms with Crippen LogP contribution >= 0.6 is 0 Å². The molecule has 0 bridgehead atoms. The Morgan fingerprint density at radius 1 is 1.17 bits per heavy atom. The van der Waals surface area contributed by atoms with Gasteiger partial charge in [-0.1, -0.05) is 32.4 Å². The molecule has 5 rings (SSSR count). The van der Waals surface area contributed by atoms with Crippen LogP contribution in [0, 0.1) is 40.4 Å². The number of fused-ring (bicyclic) bond motifs is 5. The lowest BCUT2D eigenvalue weighted by Crippen LogP contribution is -2.50. The molecule has 4 aliphatic rings. The van der Waals surface area contributed by atoms with Crippen LogP contribution in [0.1, 0.15) is 84.3 Å². The minimum Gasteiger partial charge on any atom is -0.393 e. The summed E-state index contributed by atoms with van der Waals surface area (Å²) in [5, 5.41) is 17.5. The van der Waals surface area contributed by atoms with Gasteiger partial charge in [0.25, 0.3) is 0 Å². The summed E-state index contributed by atoms with van der Waals surface area (Å²) in [6.07, 6.45) is 16.9. The molecule has 1 aromatic heterocycles. The molecule has 0 amide bonds. The summed E-state index contributed by atoms with van der Waals surface area (Å²) in [6, 6.07) is 2.13. The van der Waals surface area contributed by atoms with E-state index in [0.29, 0.717) is 10.8 Å². The molecule has 0 radical (unpaired) electrons. The van der Waals surface area contributed by atoms with Crippen molar-refractivity contribution >= 4 is 0 Å². The maximum Gasteiger partial charge on any atom is 0.0577 e. The third kappa shape index (κ3) is 3.14. The van der Waals surface area contributed by atoms with Crippen molar-refractivity contribution in [1.82, 2.24) is 10.2 Å². The second kappa shape index (κ2) is 7.25. The highest BCUT2D eigenvalue weighted by atomic mass is 16.3. The van der Waals surface area contributed by atoms with Crippen molar-refractivity contribution in [3.05, 3.63) is 29.6 Å². The highest BCUT2D eigenvalue weighted by molar-refractivity contribution is 5.25. The second-order valence-electron chi connectivity index (χ2n) is 11.5. The van der Waals surface area contributed by atoms with Gasteiger partial charge in [-0.15, -0.1) is 0 Å². The fourth-order valence-electron chi connectivity index (χ4n) is 8.63. The zero-order valence-electron chi connectivity index (χ0n) is 18.7. The number of nitrogens with zero attached hydrogens (tertiary/aromatic N) is 1. The summed E-state index contributed by atoms with van der Waals surface area (Å²) < 4.78 is 0.